The monoisotopic (exact) mass is 169 g/mol. The molecule has 1 saturated heterocycles. The Morgan fingerprint density at radius 2 is 2.25 bits per heavy atom. The molecule has 0 saturated carbocycles. The van der Waals surface area contributed by atoms with Crippen LogP contribution >= 0.6 is 0 Å². The molecule has 12 heavy (non-hydrogen) atoms. The predicted molar refractivity (Wildman–Crippen MR) is 48.6 cm³/mol. The Kier molecular flexibility index (Phi) is 3.09. The Labute approximate surface area is 74.3 Å². The summed E-state index contributed by atoms with van der Waals surface area (Å²) in [6, 6.07) is 0.972. The van der Waals surface area contributed by atoms with Gasteiger partial charge in [-0.1, -0.05) is 0 Å². The van der Waals surface area contributed by atoms with E-state index in [0.29, 0.717) is 12.1 Å². The highest BCUT2D eigenvalue weighted by Gasteiger charge is 2.26. The van der Waals surface area contributed by atoms with Crippen LogP contribution in [0.25, 0.3) is 0 Å². The van der Waals surface area contributed by atoms with Crippen molar-refractivity contribution in [1.29, 1.82) is 0 Å². The highest BCUT2D eigenvalue weighted by atomic mass is 16.1. The van der Waals surface area contributed by atoms with Gasteiger partial charge in [-0.2, -0.15) is 0 Å². The van der Waals surface area contributed by atoms with E-state index in [-0.39, 0.29) is 0 Å². The summed E-state index contributed by atoms with van der Waals surface area (Å²) in [7, 11) is 1.81. The number of nitrogens with zero attached hydrogens (tertiary/aromatic N) is 2. The largest absolute Gasteiger partial charge is 0.333 e. The van der Waals surface area contributed by atoms with Crippen LogP contribution in [0.2, 0.25) is 0 Å². The maximum atomic E-state index is 10.4. The van der Waals surface area contributed by atoms with E-state index in [9.17, 15) is 4.79 Å². The molecule has 0 N–H and O–H groups in total. The summed E-state index contributed by atoms with van der Waals surface area (Å²) in [6.45, 7) is 6.48. The molecule has 0 aromatic heterocycles. The minimum atomic E-state index is 0.380. The Balaban J connectivity index is 2.40. The third kappa shape index (κ3) is 1.97. The van der Waals surface area contributed by atoms with Crippen LogP contribution < -0.4 is 0 Å². The molecule has 1 atom stereocenters. The first-order valence-corrected chi connectivity index (χ1v) is 4.49. The first-order valence-electron chi connectivity index (χ1n) is 4.49. The van der Waals surface area contributed by atoms with E-state index in [4.69, 9.17) is 0 Å². The number of hydrogen-bond acceptors (Lipinski definition) is 2. The second kappa shape index (κ2) is 3.90. The Bertz CT molecular complexity index is 159. The van der Waals surface area contributed by atoms with E-state index in [1.807, 2.05) is 13.5 Å². The van der Waals surface area contributed by atoms with Gasteiger partial charge in [-0.15, -0.1) is 0 Å². The van der Waals surface area contributed by atoms with Crippen LogP contribution in [0.3, 0.4) is 0 Å². The topological polar surface area (TPSA) is 23.6 Å². The van der Waals surface area contributed by atoms with Crippen LogP contribution in [-0.4, -0.2) is 48.4 Å². The number of amides is 1. The van der Waals surface area contributed by atoms with E-state index in [2.05, 4.69) is 18.7 Å². The molecule has 1 aliphatic rings. The molecule has 0 bridgehead atoms. The van der Waals surface area contributed by atoms with Gasteiger partial charge in [-0.3, -0.25) is 9.69 Å². The molecule has 1 fully saturated rings. The van der Waals surface area contributed by atoms with E-state index in [1.54, 1.807) is 4.90 Å². The fourth-order valence-electron chi connectivity index (χ4n) is 1.63. The van der Waals surface area contributed by atoms with Crippen molar-refractivity contribution in [2.45, 2.75) is 32.4 Å². The van der Waals surface area contributed by atoms with Gasteiger partial charge in [0.25, 0.3) is 0 Å². The average Bonchev–Trinajstić information content (AvgIpc) is 2.51. The highest BCUT2D eigenvalue weighted by Crippen LogP contribution is 2.15. The maximum Gasteiger partial charge on any atom is 0.312 e. The normalized spacial score (nSPS) is 24.8. The van der Waals surface area contributed by atoms with E-state index < -0.39 is 0 Å². The Morgan fingerprint density at radius 3 is 2.67 bits per heavy atom. The van der Waals surface area contributed by atoms with E-state index in [0.717, 1.165) is 19.5 Å². The predicted octanol–water partition coefficient (Wildman–Crippen LogP) is 0.468. The third-order valence-corrected chi connectivity index (χ3v) is 2.62. The number of likely N-dealkylation sites (tertiary alicyclic amines) is 1. The van der Waals surface area contributed by atoms with Gasteiger partial charge in [0, 0.05) is 32.2 Å². The van der Waals surface area contributed by atoms with Crippen molar-refractivity contribution in [3.63, 3.8) is 0 Å². The molecule has 0 aromatic rings. The van der Waals surface area contributed by atoms with Crippen LogP contribution in [0.15, 0.2) is 0 Å². The second-order valence-electron chi connectivity index (χ2n) is 3.73. The van der Waals surface area contributed by atoms with Gasteiger partial charge in [0.2, 0.25) is 0 Å². The van der Waals surface area contributed by atoms with Crippen molar-refractivity contribution in [2.24, 2.45) is 0 Å². The van der Waals surface area contributed by atoms with Crippen molar-refractivity contribution < 1.29 is 4.79 Å². The molecule has 1 heterocycles. The molecular formula is C9H17N2O. The summed E-state index contributed by atoms with van der Waals surface area (Å²) in [5, 5.41) is 0. The van der Waals surface area contributed by atoms with E-state index in [1.165, 1.54) is 0 Å². The first-order chi connectivity index (χ1) is 5.65. The van der Waals surface area contributed by atoms with Crippen molar-refractivity contribution in [3.8, 4) is 0 Å². The van der Waals surface area contributed by atoms with Crippen LogP contribution in [0.5, 0.6) is 0 Å². The van der Waals surface area contributed by atoms with Crippen LogP contribution in [0.1, 0.15) is 20.3 Å². The lowest BCUT2D eigenvalue weighted by Crippen LogP contribution is -2.35. The molecule has 69 valence electrons. The minimum Gasteiger partial charge on any atom is -0.333 e. The van der Waals surface area contributed by atoms with Gasteiger partial charge in [-0.25, -0.2) is 0 Å². The van der Waals surface area contributed by atoms with Gasteiger partial charge in [-0.05, 0) is 20.3 Å². The number of hydrogen-bond donors (Lipinski definition) is 0. The molecule has 1 amide bonds. The lowest BCUT2D eigenvalue weighted by atomic mass is 10.2. The Morgan fingerprint density at radius 1 is 1.58 bits per heavy atom. The Hall–Kier alpha value is -0.570. The molecule has 1 aliphatic heterocycles. The lowest BCUT2D eigenvalue weighted by Gasteiger charge is -2.22. The van der Waals surface area contributed by atoms with Gasteiger partial charge in [0.05, 0.1) is 0 Å². The smallest absolute Gasteiger partial charge is 0.312 e. The zero-order chi connectivity index (χ0) is 9.14. The highest BCUT2D eigenvalue weighted by molar-refractivity contribution is 5.48. The number of rotatable bonds is 3. The number of carbonyl (C=O) groups excluding carboxylic acids is 1. The van der Waals surface area contributed by atoms with Crippen molar-refractivity contribution >= 4 is 6.41 Å². The zero-order valence-corrected chi connectivity index (χ0v) is 8.08. The molecule has 3 nitrogen and oxygen atoms in total. The summed E-state index contributed by atoms with van der Waals surface area (Å²) in [5.74, 6) is 0. The first kappa shape index (κ1) is 9.52. The number of likely N-dealkylation sites (N-methyl/N-ethyl adjacent to an activating group) is 1. The minimum absolute atomic E-state index is 0.380. The fraction of sp³-hybridized carbons (Fsp3) is 0.889. The molecule has 0 aliphatic carbocycles. The zero-order valence-electron chi connectivity index (χ0n) is 8.08. The molecule has 0 spiro atoms. The summed E-state index contributed by atoms with van der Waals surface area (Å²) >= 11 is 0. The van der Waals surface area contributed by atoms with Crippen molar-refractivity contribution in [3.05, 3.63) is 0 Å². The van der Waals surface area contributed by atoms with Gasteiger partial charge in [0.15, 0.2) is 0 Å². The fourth-order valence-corrected chi connectivity index (χ4v) is 1.63. The lowest BCUT2D eigenvalue weighted by molar-refractivity contribution is 0.251. The van der Waals surface area contributed by atoms with Crippen LogP contribution in [-0.2, 0) is 4.79 Å². The molecule has 3 heteroatoms. The maximum absolute atomic E-state index is 10.4. The molecular weight excluding hydrogens is 152 g/mol. The molecule has 1 rings (SSSR count). The summed E-state index contributed by atoms with van der Waals surface area (Å²) in [6.07, 6.45) is 3.01. The summed E-state index contributed by atoms with van der Waals surface area (Å²) in [5.41, 5.74) is 0. The van der Waals surface area contributed by atoms with E-state index >= 15 is 0 Å². The third-order valence-electron chi connectivity index (χ3n) is 2.62. The molecule has 1 unspecified atom stereocenters. The van der Waals surface area contributed by atoms with Crippen LogP contribution in [0.4, 0.5) is 0 Å². The SMILES string of the molecule is CC(C)N1CCC(N(C)[C]=O)C1. The summed E-state index contributed by atoms with van der Waals surface area (Å²) < 4.78 is 0. The van der Waals surface area contributed by atoms with Gasteiger partial charge in [0.1, 0.15) is 0 Å². The van der Waals surface area contributed by atoms with Crippen LogP contribution in [0, 0.1) is 0 Å². The van der Waals surface area contributed by atoms with Crippen molar-refractivity contribution in [2.75, 3.05) is 20.1 Å². The second-order valence-corrected chi connectivity index (χ2v) is 3.73. The van der Waals surface area contributed by atoms with Gasteiger partial charge < -0.3 is 4.90 Å². The van der Waals surface area contributed by atoms with Gasteiger partial charge >= 0.3 is 6.41 Å². The standard InChI is InChI=1S/C9H17N2O/c1-8(2)11-5-4-9(6-11)10(3)7-12/h8-9H,4-6H2,1-3H3. The quantitative estimate of drug-likeness (QED) is 0.573. The summed E-state index contributed by atoms with van der Waals surface area (Å²) in [4.78, 5) is 14.4. The van der Waals surface area contributed by atoms with Crippen molar-refractivity contribution in [1.82, 2.24) is 9.80 Å². The average molecular weight is 169 g/mol. The molecule has 1 radical (unpaired) electrons. The molecule has 0 aromatic carbocycles.